The summed E-state index contributed by atoms with van der Waals surface area (Å²) in [6.45, 7) is 3.04. The third-order valence-electron chi connectivity index (χ3n) is 2.83. The summed E-state index contributed by atoms with van der Waals surface area (Å²) in [6, 6.07) is 7.51. The van der Waals surface area contributed by atoms with Crippen molar-refractivity contribution in [1.82, 2.24) is 5.32 Å². The average Bonchev–Trinajstić information content (AvgIpc) is 2.39. The molecule has 0 aliphatic carbocycles. The molecule has 0 aliphatic rings. The molecule has 19 heavy (non-hydrogen) atoms. The van der Waals surface area contributed by atoms with Gasteiger partial charge < -0.3 is 20.1 Å². The highest BCUT2D eigenvalue weighted by atomic mass is 16.5. The Balaban J connectivity index is 2.48. The van der Waals surface area contributed by atoms with E-state index < -0.39 is 6.10 Å². The first-order valence-electron chi connectivity index (χ1n) is 6.29. The number of anilines is 1. The van der Waals surface area contributed by atoms with E-state index in [-0.39, 0.29) is 12.5 Å². The highest BCUT2D eigenvalue weighted by molar-refractivity contribution is 5.81. The third-order valence-corrected chi connectivity index (χ3v) is 2.83. The minimum atomic E-state index is -0.475. The smallest absolute Gasteiger partial charge is 0.239 e. The molecule has 1 aromatic carbocycles. The zero-order chi connectivity index (χ0) is 14.3. The van der Waals surface area contributed by atoms with Crippen LogP contribution in [0.25, 0.3) is 0 Å². The lowest BCUT2D eigenvalue weighted by Crippen LogP contribution is -2.36. The summed E-state index contributed by atoms with van der Waals surface area (Å²) in [4.78, 5) is 13.5. The van der Waals surface area contributed by atoms with Crippen LogP contribution in [0.5, 0.6) is 0 Å². The summed E-state index contributed by atoms with van der Waals surface area (Å²) in [5.41, 5.74) is 1.80. The van der Waals surface area contributed by atoms with Crippen LogP contribution in [-0.4, -0.2) is 44.9 Å². The lowest BCUT2D eigenvalue weighted by molar-refractivity contribution is -0.119. The fourth-order valence-electron chi connectivity index (χ4n) is 1.66. The van der Waals surface area contributed by atoms with E-state index in [4.69, 9.17) is 4.74 Å². The van der Waals surface area contributed by atoms with E-state index in [0.29, 0.717) is 13.2 Å². The van der Waals surface area contributed by atoms with E-state index in [1.165, 1.54) is 0 Å². The fourth-order valence-corrected chi connectivity index (χ4v) is 1.66. The monoisotopic (exact) mass is 266 g/mol. The summed E-state index contributed by atoms with van der Waals surface area (Å²) in [5.74, 6) is -0.0425. The number of nitrogens with zero attached hydrogens (tertiary/aromatic N) is 1. The number of likely N-dealkylation sites (N-methyl/N-ethyl adjacent to an activating group) is 1. The first-order valence-corrected chi connectivity index (χ1v) is 6.29. The number of carbonyl (C=O) groups excluding carboxylic acids is 1. The van der Waals surface area contributed by atoms with Gasteiger partial charge in [0, 0.05) is 26.4 Å². The van der Waals surface area contributed by atoms with Crippen LogP contribution in [-0.2, 0) is 9.53 Å². The molecule has 1 unspecified atom stereocenters. The number of rotatable bonds is 7. The van der Waals surface area contributed by atoms with E-state index >= 15 is 0 Å². The maximum absolute atomic E-state index is 11.6. The summed E-state index contributed by atoms with van der Waals surface area (Å²) in [5, 5.41) is 12.2. The Labute approximate surface area is 114 Å². The quantitative estimate of drug-likeness (QED) is 0.721. The molecule has 0 saturated carbocycles. The van der Waals surface area contributed by atoms with E-state index in [2.05, 4.69) is 5.32 Å². The molecule has 106 valence electrons. The van der Waals surface area contributed by atoms with Gasteiger partial charge in [0.2, 0.25) is 5.91 Å². The van der Waals surface area contributed by atoms with Gasteiger partial charge in [0.25, 0.3) is 0 Å². The van der Waals surface area contributed by atoms with E-state index in [1.807, 2.05) is 36.2 Å². The number of ether oxygens (including phenoxy) is 1. The Morgan fingerprint density at radius 3 is 2.58 bits per heavy atom. The molecule has 5 nitrogen and oxygen atoms in total. The van der Waals surface area contributed by atoms with Gasteiger partial charge in [0.15, 0.2) is 0 Å². The summed E-state index contributed by atoms with van der Waals surface area (Å²) in [7, 11) is 3.45. The maximum atomic E-state index is 11.6. The SMILES string of the molecule is COCCNC(=O)CN(C)c1ccc(C(C)O)cc1. The molecule has 5 heteroatoms. The van der Waals surface area contributed by atoms with Gasteiger partial charge in [-0.1, -0.05) is 12.1 Å². The highest BCUT2D eigenvalue weighted by Gasteiger charge is 2.07. The molecule has 0 saturated heterocycles. The molecule has 1 aromatic rings. The second kappa shape index (κ2) is 7.76. The maximum Gasteiger partial charge on any atom is 0.239 e. The van der Waals surface area contributed by atoms with Gasteiger partial charge in [-0.2, -0.15) is 0 Å². The zero-order valence-electron chi connectivity index (χ0n) is 11.7. The van der Waals surface area contributed by atoms with Gasteiger partial charge in [-0.05, 0) is 24.6 Å². The number of carbonyl (C=O) groups is 1. The molecule has 0 fully saturated rings. The third kappa shape index (κ3) is 5.28. The van der Waals surface area contributed by atoms with Crippen molar-refractivity contribution in [2.75, 3.05) is 38.8 Å². The van der Waals surface area contributed by atoms with Crippen LogP contribution in [0.3, 0.4) is 0 Å². The van der Waals surface area contributed by atoms with Crippen LogP contribution in [0.4, 0.5) is 5.69 Å². The molecule has 2 N–H and O–H groups in total. The number of aliphatic hydroxyl groups is 1. The van der Waals surface area contributed by atoms with Crippen molar-refractivity contribution in [3.63, 3.8) is 0 Å². The predicted molar refractivity (Wildman–Crippen MR) is 75.2 cm³/mol. The first kappa shape index (κ1) is 15.5. The lowest BCUT2D eigenvalue weighted by atomic mass is 10.1. The van der Waals surface area contributed by atoms with Crippen molar-refractivity contribution in [2.24, 2.45) is 0 Å². The normalized spacial score (nSPS) is 12.0. The number of hydrogen-bond donors (Lipinski definition) is 2. The molecule has 0 bridgehead atoms. The standard InChI is InChI=1S/C14H22N2O3/c1-11(17)12-4-6-13(7-5-12)16(2)10-14(18)15-8-9-19-3/h4-7,11,17H,8-10H2,1-3H3,(H,15,18). The van der Waals surface area contributed by atoms with Gasteiger partial charge in [-0.15, -0.1) is 0 Å². The molecule has 1 amide bonds. The van der Waals surface area contributed by atoms with Crippen molar-refractivity contribution in [2.45, 2.75) is 13.0 Å². The molecule has 0 aromatic heterocycles. The first-order chi connectivity index (χ1) is 9.04. The molecule has 0 radical (unpaired) electrons. The topological polar surface area (TPSA) is 61.8 Å². The average molecular weight is 266 g/mol. The molecular weight excluding hydrogens is 244 g/mol. The lowest BCUT2D eigenvalue weighted by Gasteiger charge is -2.19. The Bertz CT molecular complexity index is 390. The van der Waals surface area contributed by atoms with Crippen LogP contribution in [0, 0.1) is 0 Å². The molecule has 1 atom stereocenters. The predicted octanol–water partition coefficient (Wildman–Crippen LogP) is 0.939. The molecule has 1 rings (SSSR count). The fraction of sp³-hybridized carbons (Fsp3) is 0.500. The number of benzene rings is 1. The second-order valence-electron chi connectivity index (χ2n) is 4.47. The highest BCUT2D eigenvalue weighted by Crippen LogP contribution is 2.17. The number of amides is 1. The van der Waals surface area contributed by atoms with Crippen molar-refractivity contribution < 1.29 is 14.6 Å². The van der Waals surface area contributed by atoms with Gasteiger partial charge in [0.1, 0.15) is 0 Å². The number of methoxy groups -OCH3 is 1. The Morgan fingerprint density at radius 2 is 2.05 bits per heavy atom. The summed E-state index contributed by atoms with van der Waals surface area (Å²) < 4.78 is 4.87. The minimum absolute atomic E-state index is 0.0425. The van der Waals surface area contributed by atoms with Crippen molar-refractivity contribution >= 4 is 11.6 Å². The van der Waals surface area contributed by atoms with E-state index in [9.17, 15) is 9.90 Å². The second-order valence-corrected chi connectivity index (χ2v) is 4.47. The Hall–Kier alpha value is -1.59. The molecule has 0 heterocycles. The van der Waals surface area contributed by atoms with E-state index in [0.717, 1.165) is 11.3 Å². The van der Waals surface area contributed by atoms with Crippen LogP contribution in [0.1, 0.15) is 18.6 Å². The van der Waals surface area contributed by atoms with Gasteiger partial charge in [0.05, 0.1) is 19.3 Å². The van der Waals surface area contributed by atoms with E-state index in [1.54, 1.807) is 14.0 Å². The number of hydrogen-bond acceptors (Lipinski definition) is 4. The van der Waals surface area contributed by atoms with Crippen LogP contribution in [0.2, 0.25) is 0 Å². The van der Waals surface area contributed by atoms with Crippen LogP contribution in [0.15, 0.2) is 24.3 Å². The van der Waals surface area contributed by atoms with Crippen LogP contribution >= 0.6 is 0 Å². The Kier molecular flexibility index (Phi) is 6.32. The number of nitrogens with one attached hydrogen (secondary N) is 1. The molecule has 0 spiro atoms. The van der Waals surface area contributed by atoms with Crippen LogP contribution < -0.4 is 10.2 Å². The van der Waals surface area contributed by atoms with Crippen molar-refractivity contribution in [3.8, 4) is 0 Å². The van der Waals surface area contributed by atoms with Crippen molar-refractivity contribution in [3.05, 3.63) is 29.8 Å². The molecular formula is C14H22N2O3. The zero-order valence-corrected chi connectivity index (χ0v) is 11.7. The van der Waals surface area contributed by atoms with Gasteiger partial charge in [-0.3, -0.25) is 4.79 Å². The molecule has 0 aliphatic heterocycles. The largest absolute Gasteiger partial charge is 0.389 e. The summed E-state index contributed by atoms with van der Waals surface area (Å²) in [6.07, 6.45) is -0.475. The minimum Gasteiger partial charge on any atom is -0.389 e. The van der Waals surface area contributed by atoms with Gasteiger partial charge >= 0.3 is 0 Å². The van der Waals surface area contributed by atoms with Crippen molar-refractivity contribution in [1.29, 1.82) is 0 Å². The van der Waals surface area contributed by atoms with Gasteiger partial charge in [-0.25, -0.2) is 0 Å². The number of aliphatic hydroxyl groups excluding tert-OH is 1. The summed E-state index contributed by atoms with van der Waals surface area (Å²) >= 11 is 0. The Morgan fingerprint density at radius 1 is 1.42 bits per heavy atom.